The number of nitrogens with one attached hydrogen (secondary N) is 1. The van der Waals surface area contributed by atoms with E-state index in [9.17, 15) is 4.79 Å². The number of carbonyl (C=O) groups is 1. The molecule has 0 aliphatic rings. The first kappa shape index (κ1) is 16.5. The quantitative estimate of drug-likeness (QED) is 0.912. The molecule has 1 N–H and O–H groups in total. The number of hydrogen-bond acceptors (Lipinski definition) is 2. The lowest BCUT2D eigenvalue weighted by Crippen LogP contribution is -2.35. The number of nitrogens with zero attached hydrogens (tertiary/aromatic N) is 1. The molecule has 0 aromatic heterocycles. The Morgan fingerprint density at radius 3 is 2.41 bits per heavy atom. The third kappa shape index (κ3) is 3.87. The lowest BCUT2D eigenvalue weighted by molar-refractivity contribution is 0.0941. The second kappa shape index (κ2) is 7.43. The zero-order chi connectivity index (χ0) is 16.1. The number of rotatable bonds is 5. The molecule has 0 aliphatic heterocycles. The predicted molar refractivity (Wildman–Crippen MR) is 91.4 cm³/mol. The Hall–Kier alpha value is -1.84. The van der Waals surface area contributed by atoms with Crippen LogP contribution in [0.1, 0.15) is 27.5 Å². The van der Waals surface area contributed by atoms with E-state index in [1.165, 1.54) is 0 Å². The molecular formula is C18H21ClN2O. The number of likely N-dealkylation sites (N-methyl/N-ethyl adjacent to an activating group) is 1. The van der Waals surface area contributed by atoms with Crippen molar-refractivity contribution in [1.29, 1.82) is 0 Å². The third-order valence-corrected chi connectivity index (χ3v) is 4.08. The molecule has 0 heterocycles. The Labute approximate surface area is 136 Å². The lowest BCUT2D eigenvalue weighted by Gasteiger charge is -2.26. The van der Waals surface area contributed by atoms with Crippen LogP contribution in [0.15, 0.2) is 48.5 Å². The van der Waals surface area contributed by atoms with E-state index in [1.54, 1.807) is 0 Å². The summed E-state index contributed by atoms with van der Waals surface area (Å²) in [6.07, 6.45) is 0. The summed E-state index contributed by atoms with van der Waals surface area (Å²) < 4.78 is 0. The van der Waals surface area contributed by atoms with E-state index in [0.717, 1.165) is 11.1 Å². The zero-order valence-corrected chi connectivity index (χ0v) is 13.9. The molecule has 1 atom stereocenters. The molecule has 4 heteroatoms. The number of halogens is 1. The van der Waals surface area contributed by atoms with E-state index in [0.29, 0.717) is 17.1 Å². The van der Waals surface area contributed by atoms with Crippen LogP contribution in [0.25, 0.3) is 0 Å². The highest BCUT2D eigenvalue weighted by atomic mass is 35.5. The Morgan fingerprint density at radius 1 is 1.14 bits per heavy atom. The Kier molecular flexibility index (Phi) is 5.58. The number of aryl methyl sites for hydroxylation is 1. The van der Waals surface area contributed by atoms with E-state index in [1.807, 2.05) is 69.6 Å². The monoisotopic (exact) mass is 316 g/mol. The Balaban J connectivity index is 2.12. The highest BCUT2D eigenvalue weighted by molar-refractivity contribution is 6.31. The van der Waals surface area contributed by atoms with Crippen molar-refractivity contribution < 1.29 is 4.79 Å². The molecule has 0 radical (unpaired) electrons. The van der Waals surface area contributed by atoms with Gasteiger partial charge in [-0.25, -0.2) is 0 Å². The molecular weight excluding hydrogens is 296 g/mol. The number of carbonyl (C=O) groups excluding carboxylic acids is 1. The first-order valence-corrected chi connectivity index (χ1v) is 7.63. The van der Waals surface area contributed by atoms with Crippen molar-refractivity contribution in [1.82, 2.24) is 10.2 Å². The number of benzene rings is 2. The van der Waals surface area contributed by atoms with Gasteiger partial charge in [0, 0.05) is 17.1 Å². The Morgan fingerprint density at radius 2 is 1.77 bits per heavy atom. The van der Waals surface area contributed by atoms with Gasteiger partial charge < -0.3 is 10.2 Å². The van der Waals surface area contributed by atoms with Crippen molar-refractivity contribution in [2.45, 2.75) is 13.0 Å². The molecule has 22 heavy (non-hydrogen) atoms. The SMILES string of the molecule is Cc1ccccc1C(=O)NC[C@H](c1ccccc1Cl)N(C)C. The minimum atomic E-state index is -0.0583. The van der Waals surface area contributed by atoms with Gasteiger partial charge in [0.1, 0.15) is 0 Å². The van der Waals surface area contributed by atoms with E-state index in [-0.39, 0.29) is 11.9 Å². The lowest BCUT2D eigenvalue weighted by atomic mass is 10.0. The molecule has 2 rings (SSSR count). The topological polar surface area (TPSA) is 32.3 Å². The normalized spacial score (nSPS) is 12.2. The zero-order valence-electron chi connectivity index (χ0n) is 13.1. The van der Waals surface area contributed by atoms with Crippen LogP contribution in [0.4, 0.5) is 0 Å². The maximum absolute atomic E-state index is 12.3. The summed E-state index contributed by atoms with van der Waals surface area (Å²) in [6, 6.07) is 15.3. The fourth-order valence-corrected chi connectivity index (χ4v) is 2.69. The first-order valence-electron chi connectivity index (χ1n) is 7.25. The second-order valence-electron chi connectivity index (χ2n) is 5.53. The summed E-state index contributed by atoms with van der Waals surface area (Å²) in [5.41, 5.74) is 2.69. The average Bonchev–Trinajstić information content (AvgIpc) is 2.49. The van der Waals surface area contributed by atoms with Crippen molar-refractivity contribution in [3.05, 3.63) is 70.2 Å². The van der Waals surface area contributed by atoms with Gasteiger partial charge in [-0.1, -0.05) is 48.0 Å². The van der Waals surface area contributed by atoms with Gasteiger partial charge in [-0.15, -0.1) is 0 Å². The first-order chi connectivity index (χ1) is 10.5. The molecule has 0 saturated carbocycles. The molecule has 116 valence electrons. The number of amides is 1. The molecule has 0 spiro atoms. The molecule has 0 bridgehead atoms. The molecule has 0 saturated heterocycles. The molecule has 3 nitrogen and oxygen atoms in total. The van der Waals surface area contributed by atoms with Crippen LogP contribution in [-0.4, -0.2) is 31.4 Å². The fraction of sp³-hybridized carbons (Fsp3) is 0.278. The van der Waals surface area contributed by atoms with E-state index >= 15 is 0 Å². The van der Waals surface area contributed by atoms with Crippen molar-refractivity contribution in [2.24, 2.45) is 0 Å². The van der Waals surface area contributed by atoms with Crippen LogP contribution in [0.2, 0.25) is 5.02 Å². The van der Waals surface area contributed by atoms with E-state index < -0.39 is 0 Å². The highest BCUT2D eigenvalue weighted by Crippen LogP contribution is 2.25. The maximum Gasteiger partial charge on any atom is 0.251 e. The summed E-state index contributed by atoms with van der Waals surface area (Å²) in [4.78, 5) is 14.4. The molecule has 2 aromatic carbocycles. The van der Waals surface area contributed by atoms with Gasteiger partial charge in [-0.3, -0.25) is 4.79 Å². The van der Waals surface area contributed by atoms with Gasteiger partial charge in [0.05, 0.1) is 6.04 Å². The van der Waals surface area contributed by atoms with E-state index in [4.69, 9.17) is 11.6 Å². The smallest absolute Gasteiger partial charge is 0.251 e. The van der Waals surface area contributed by atoms with Crippen molar-refractivity contribution in [3.8, 4) is 0 Å². The predicted octanol–water partition coefficient (Wildman–Crippen LogP) is 3.68. The van der Waals surface area contributed by atoms with Crippen LogP contribution in [0.5, 0.6) is 0 Å². The minimum Gasteiger partial charge on any atom is -0.350 e. The summed E-state index contributed by atoms with van der Waals surface area (Å²) >= 11 is 6.28. The summed E-state index contributed by atoms with van der Waals surface area (Å²) in [7, 11) is 3.96. The molecule has 2 aromatic rings. The fourth-order valence-electron chi connectivity index (χ4n) is 2.43. The molecule has 0 aliphatic carbocycles. The standard InChI is InChI=1S/C18H21ClN2O/c1-13-8-4-5-9-14(13)18(22)20-12-17(21(2)3)15-10-6-7-11-16(15)19/h4-11,17H,12H2,1-3H3,(H,20,22)/t17-/m1/s1. The van der Waals surface area contributed by atoms with Crippen LogP contribution >= 0.6 is 11.6 Å². The second-order valence-corrected chi connectivity index (χ2v) is 5.93. The molecule has 1 amide bonds. The van der Waals surface area contributed by atoms with Gasteiger partial charge in [0.25, 0.3) is 5.91 Å². The highest BCUT2D eigenvalue weighted by Gasteiger charge is 2.18. The van der Waals surface area contributed by atoms with Crippen molar-refractivity contribution >= 4 is 17.5 Å². The summed E-state index contributed by atoms with van der Waals surface area (Å²) in [6.45, 7) is 2.44. The van der Waals surface area contributed by atoms with Crippen LogP contribution in [0.3, 0.4) is 0 Å². The number of hydrogen-bond donors (Lipinski definition) is 1. The van der Waals surface area contributed by atoms with Gasteiger partial charge in [0.2, 0.25) is 0 Å². The van der Waals surface area contributed by atoms with Crippen molar-refractivity contribution in [3.63, 3.8) is 0 Å². The summed E-state index contributed by atoms with van der Waals surface area (Å²) in [5, 5.41) is 3.72. The van der Waals surface area contributed by atoms with Crippen LogP contribution < -0.4 is 5.32 Å². The molecule has 0 fully saturated rings. The Bertz CT molecular complexity index is 655. The van der Waals surface area contributed by atoms with Crippen molar-refractivity contribution in [2.75, 3.05) is 20.6 Å². The van der Waals surface area contributed by atoms with Gasteiger partial charge in [0.15, 0.2) is 0 Å². The molecule has 0 unspecified atom stereocenters. The van der Waals surface area contributed by atoms with Gasteiger partial charge in [-0.05, 0) is 44.3 Å². The van der Waals surface area contributed by atoms with Crippen LogP contribution in [0, 0.1) is 6.92 Å². The maximum atomic E-state index is 12.3. The minimum absolute atomic E-state index is 0.0293. The third-order valence-electron chi connectivity index (χ3n) is 3.73. The average molecular weight is 317 g/mol. The van der Waals surface area contributed by atoms with Gasteiger partial charge in [-0.2, -0.15) is 0 Å². The summed E-state index contributed by atoms with van der Waals surface area (Å²) in [5.74, 6) is -0.0583. The van der Waals surface area contributed by atoms with Gasteiger partial charge >= 0.3 is 0 Å². The largest absolute Gasteiger partial charge is 0.350 e. The van der Waals surface area contributed by atoms with E-state index in [2.05, 4.69) is 10.2 Å². The van der Waals surface area contributed by atoms with Crippen LogP contribution in [-0.2, 0) is 0 Å².